The van der Waals surface area contributed by atoms with Crippen molar-refractivity contribution in [2.24, 2.45) is 5.92 Å². The number of ether oxygens (including phenoxy) is 2. The van der Waals surface area contributed by atoms with E-state index in [4.69, 9.17) is 14.6 Å². The summed E-state index contributed by atoms with van der Waals surface area (Å²) in [5.41, 5.74) is 0. The van der Waals surface area contributed by atoms with E-state index in [2.05, 4.69) is 0 Å². The molecular weight excluding hydrogens is 228 g/mol. The second kappa shape index (κ2) is 8.03. The Morgan fingerprint density at radius 1 is 1.53 bits per heavy atom. The van der Waals surface area contributed by atoms with E-state index in [1.54, 1.807) is 0 Å². The summed E-state index contributed by atoms with van der Waals surface area (Å²) in [4.78, 5) is 22.2. The highest BCUT2D eigenvalue weighted by molar-refractivity contribution is 5.78. The molecule has 0 spiro atoms. The summed E-state index contributed by atoms with van der Waals surface area (Å²) in [6, 6.07) is 0. The number of carbonyl (C=O) groups is 2. The van der Waals surface area contributed by atoms with Gasteiger partial charge < -0.3 is 20.1 Å². The van der Waals surface area contributed by atoms with Crippen LogP contribution in [0.2, 0.25) is 0 Å². The highest BCUT2D eigenvalue weighted by Crippen LogP contribution is 2.15. The SMILES string of the molecule is CCCCC(CC(=O)OCC1CO1)C(=O)O.O. The van der Waals surface area contributed by atoms with Crippen LogP contribution in [-0.2, 0) is 19.1 Å². The molecule has 0 radical (unpaired) electrons. The van der Waals surface area contributed by atoms with Gasteiger partial charge in [-0.05, 0) is 6.42 Å². The first-order chi connectivity index (χ1) is 7.63. The van der Waals surface area contributed by atoms with E-state index in [1.165, 1.54) is 0 Å². The molecular formula is C11H20O6. The molecule has 1 aliphatic rings. The van der Waals surface area contributed by atoms with Crippen LogP contribution < -0.4 is 0 Å². The zero-order valence-corrected chi connectivity index (χ0v) is 9.98. The van der Waals surface area contributed by atoms with E-state index < -0.39 is 17.9 Å². The summed E-state index contributed by atoms with van der Waals surface area (Å²) < 4.78 is 9.78. The van der Waals surface area contributed by atoms with Gasteiger partial charge in [-0.1, -0.05) is 19.8 Å². The first-order valence-corrected chi connectivity index (χ1v) is 5.63. The fourth-order valence-corrected chi connectivity index (χ4v) is 1.37. The molecule has 0 aromatic rings. The average molecular weight is 248 g/mol. The Morgan fingerprint density at radius 3 is 2.65 bits per heavy atom. The Balaban J connectivity index is 0.00000256. The molecule has 2 atom stereocenters. The molecule has 0 bridgehead atoms. The molecule has 1 rings (SSSR count). The van der Waals surface area contributed by atoms with E-state index in [0.29, 0.717) is 13.0 Å². The smallest absolute Gasteiger partial charge is 0.307 e. The number of epoxide rings is 1. The predicted octanol–water partition coefficient (Wildman–Crippen LogP) is 0.385. The molecule has 1 heterocycles. The van der Waals surface area contributed by atoms with Crippen molar-refractivity contribution >= 4 is 11.9 Å². The summed E-state index contributed by atoms with van der Waals surface area (Å²) in [5, 5.41) is 8.91. The Kier molecular flexibility index (Phi) is 7.49. The van der Waals surface area contributed by atoms with Gasteiger partial charge in [-0.3, -0.25) is 9.59 Å². The molecule has 0 amide bonds. The van der Waals surface area contributed by atoms with Crippen molar-refractivity contribution in [3.63, 3.8) is 0 Å². The standard InChI is InChI=1S/C11H18O5.H2O/c1-2-3-4-8(11(13)14)5-10(12)16-7-9-6-15-9;/h8-9H,2-7H2,1H3,(H,13,14);1H2. The molecule has 1 saturated heterocycles. The Morgan fingerprint density at radius 2 is 2.18 bits per heavy atom. The predicted molar refractivity (Wildman–Crippen MR) is 59.6 cm³/mol. The van der Waals surface area contributed by atoms with Crippen molar-refractivity contribution in [1.29, 1.82) is 0 Å². The maximum Gasteiger partial charge on any atom is 0.307 e. The van der Waals surface area contributed by atoms with Crippen LogP contribution in [0.1, 0.15) is 32.6 Å². The maximum atomic E-state index is 11.3. The Labute approximate surface area is 100 Å². The molecule has 17 heavy (non-hydrogen) atoms. The molecule has 1 aliphatic heterocycles. The highest BCUT2D eigenvalue weighted by Gasteiger charge is 2.26. The van der Waals surface area contributed by atoms with Crippen LogP contribution in [0.3, 0.4) is 0 Å². The number of hydrogen-bond donors (Lipinski definition) is 1. The third kappa shape index (κ3) is 6.91. The summed E-state index contributed by atoms with van der Waals surface area (Å²) in [7, 11) is 0. The summed E-state index contributed by atoms with van der Waals surface area (Å²) in [6.45, 7) is 2.87. The van der Waals surface area contributed by atoms with Gasteiger partial charge in [0.2, 0.25) is 0 Å². The van der Waals surface area contributed by atoms with Gasteiger partial charge in [0, 0.05) is 0 Å². The van der Waals surface area contributed by atoms with Crippen molar-refractivity contribution in [2.75, 3.05) is 13.2 Å². The molecule has 0 aliphatic carbocycles. The third-order valence-electron chi connectivity index (χ3n) is 2.50. The minimum Gasteiger partial charge on any atom is -0.481 e. The van der Waals surface area contributed by atoms with Gasteiger partial charge in [0.25, 0.3) is 0 Å². The zero-order valence-electron chi connectivity index (χ0n) is 9.98. The number of carboxylic acid groups (broad SMARTS) is 1. The number of hydrogen-bond acceptors (Lipinski definition) is 4. The van der Waals surface area contributed by atoms with Crippen LogP contribution in [0.15, 0.2) is 0 Å². The molecule has 6 nitrogen and oxygen atoms in total. The highest BCUT2D eigenvalue weighted by atomic mass is 16.6. The summed E-state index contributed by atoms with van der Waals surface area (Å²) >= 11 is 0. The van der Waals surface area contributed by atoms with Crippen LogP contribution in [0.5, 0.6) is 0 Å². The molecule has 100 valence electrons. The second-order valence-corrected chi connectivity index (χ2v) is 4.02. The fraction of sp³-hybridized carbons (Fsp3) is 0.818. The summed E-state index contributed by atoms with van der Waals surface area (Å²) in [6.07, 6.45) is 2.26. The molecule has 3 N–H and O–H groups in total. The lowest BCUT2D eigenvalue weighted by Gasteiger charge is -2.10. The Bertz CT molecular complexity index is 248. The van der Waals surface area contributed by atoms with Gasteiger partial charge in [-0.25, -0.2) is 0 Å². The van der Waals surface area contributed by atoms with Gasteiger partial charge in [0.1, 0.15) is 12.7 Å². The monoisotopic (exact) mass is 248 g/mol. The first-order valence-electron chi connectivity index (χ1n) is 5.63. The van der Waals surface area contributed by atoms with Gasteiger partial charge >= 0.3 is 11.9 Å². The molecule has 0 aromatic heterocycles. The number of aliphatic carboxylic acids is 1. The number of unbranched alkanes of at least 4 members (excludes halogenated alkanes) is 1. The Hall–Kier alpha value is -1.14. The van der Waals surface area contributed by atoms with Crippen molar-refractivity contribution in [1.82, 2.24) is 0 Å². The van der Waals surface area contributed by atoms with Crippen molar-refractivity contribution in [3.8, 4) is 0 Å². The van der Waals surface area contributed by atoms with Crippen LogP contribution in [0.4, 0.5) is 0 Å². The van der Waals surface area contributed by atoms with Crippen molar-refractivity contribution < 1.29 is 29.6 Å². The van der Waals surface area contributed by atoms with Crippen LogP contribution in [0.25, 0.3) is 0 Å². The molecule has 2 unspecified atom stereocenters. The zero-order chi connectivity index (χ0) is 12.0. The molecule has 1 fully saturated rings. The van der Waals surface area contributed by atoms with E-state index in [-0.39, 0.29) is 24.6 Å². The van der Waals surface area contributed by atoms with E-state index in [1.807, 2.05) is 6.92 Å². The maximum absolute atomic E-state index is 11.3. The van der Waals surface area contributed by atoms with E-state index in [9.17, 15) is 9.59 Å². The lowest BCUT2D eigenvalue weighted by molar-refractivity contribution is -0.152. The lowest BCUT2D eigenvalue weighted by atomic mass is 9.99. The topological polar surface area (TPSA) is 108 Å². The second-order valence-electron chi connectivity index (χ2n) is 4.02. The van der Waals surface area contributed by atoms with Crippen molar-refractivity contribution in [2.45, 2.75) is 38.7 Å². The van der Waals surface area contributed by atoms with Crippen LogP contribution in [0, 0.1) is 5.92 Å². The van der Waals surface area contributed by atoms with E-state index >= 15 is 0 Å². The summed E-state index contributed by atoms with van der Waals surface area (Å²) in [5.74, 6) is -1.99. The van der Waals surface area contributed by atoms with Crippen LogP contribution in [-0.4, -0.2) is 41.8 Å². The molecule has 0 aromatic carbocycles. The number of esters is 1. The molecule has 0 saturated carbocycles. The van der Waals surface area contributed by atoms with Gasteiger partial charge in [0.05, 0.1) is 18.9 Å². The van der Waals surface area contributed by atoms with Gasteiger partial charge in [-0.2, -0.15) is 0 Å². The normalized spacial score (nSPS) is 19.0. The number of carbonyl (C=O) groups excluding carboxylic acids is 1. The van der Waals surface area contributed by atoms with Gasteiger partial charge in [0.15, 0.2) is 0 Å². The van der Waals surface area contributed by atoms with E-state index in [0.717, 1.165) is 12.8 Å². The largest absolute Gasteiger partial charge is 0.481 e. The van der Waals surface area contributed by atoms with Gasteiger partial charge in [-0.15, -0.1) is 0 Å². The van der Waals surface area contributed by atoms with Crippen molar-refractivity contribution in [3.05, 3.63) is 0 Å². The first kappa shape index (κ1) is 15.9. The van der Waals surface area contributed by atoms with Crippen LogP contribution >= 0.6 is 0 Å². The minimum absolute atomic E-state index is 0. The number of carboxylic acids is 1. The lowest BCUT2D eigenvalue weighted by Crippen LogP contribution is -2.20. The quantitative estimate of drug-likeness (QED) is 0.493. The third-order valence-corrected chi connectivity index (χ3v) is 2.50. The average Bonchev–Trinajstić information content (AvgIpc) is 3.04. The number of rotatable bonds is 8. The fourth-order valence-electron chi connectivity index (χ4n) is 1.37. The minimum atomic E-state index is -0.923. The molecule has 6 heteroatoms.